The molecular formula is C9H5ClF6O2S. The molecule has 2 nitrogen and oxygen atoms in total. The first-order valence-electron chi connectivity index (χ1n) is 4.44. The molecule has 0 heterocycles. The Morgan fingerprint density at radius 1 is 0.947 bits per heavy atom. The molecule has 0 aliphatic heterocycles. The molecule has 0 bridgehead atoms. The van der Waals surface area contributed by atoms with Crippen LogP contribution in [0.2, 0.25) is 0 Å². The zero-order chi connectivity index (χ0) is 15.1. The van der Waals surface area contributed by atoms with E-state index in [1.807, 2.05) is 0 Å². The van der Waals surface area contributed by atoms with Gasteiger partial charge >= 0.3 is 12.4 Å². The average Bonchev–Trinajstić information content (AvgIpc) is 2.26. The van der Waals surface area contributed by atoms with Crippen LogP contribution in [0.1, 0.15) is 11.1 Å². The molecule has 108 valence electrons. The fraction of sp³-hybridized carbons (Fsp3) is 0.222. The number of halogens is 7. The molecule has 0 spiro atoms. The minimum atomic E-state index is -5.09. The largest absolute Gasteiger partial charge is 0.416 e. The van der Waals surface area contributed by atoms with E-state index in [-0.39, 0.29) is 23.8 Å². The van der Waals surface area contributed by atoms with Crippen molar-refractivity contribution >= 4 is 25.4 Å². The summed E-state index contributed by atoms with van der Waals surface area (Å²) >= 11 is 0. The molecule has 1 aromatic carbocycles. The Kier molecular flexibility index (Phi) is 4.02. The summed E-state index contributed by atoms with van der Waals surface area (Å²) in [6.45, 7) is 0. The third kappa shape index (κ3) is 3.69. The lowest BCUT2D eigenvalue weighted by Crippen LogP contribution is -2.14. The Labute approximate surface area is 108 Å². The second kappa shape index (κ2) is 4.78. The summed E-state index contributed by atoms with van der Waals surface area (Å²) in [5.41, 5.74) is -3.73. The SMILES string of the molecule is O=C[SH](=O)(Cl)c1cc(C(F)(F)F)cc(C(F)(F)F)c1. The van der Waals surface area contributed by atoms with Crippen LogP contribution in [-0.4, -0.2) is 9.83 Å². The molecule has 0 aromatic heterocycles. The summed E-state index contributed by atoms with van der Waals surface area (Å²) in [5.74, 6) is 0. The number of alkyl halides is 6. The van der Waals surface area contributed by atoms with Gasteiger partial charge in [0, 0.05) is 14.0 Å². The van der Waals surface area contributed by atoms with Crippen LogP contribution < -0.4 is 0 Å². The van der Waals surface area contributed by atoms with Crippen LogP contribution >= 0.6 is 10.7 Å². The van der Waals surface area contributed by atoms with Crippen LogP contribution in [0.4, 0.5) is 26.3 Å². The van der Waals surface area contributed by atoms with E-state index < -0.39 is 37.5 Å². The maximum Gasteiger partial charge on any atom is 0.416 e. The minimum absolute atomic E-state index is 0.148. The zero-order valence-electron chi connectivity index (χ0n) is 8.72. The van der Waals surface area contributed by atoms with E-state index in [0.717, 1.165) is 0 Å². The molecular weight excluding hydrogens is 322 g/mol. The lowest BCUT2D eigenvalue weighted by molar-refractivity contribution is -0.143. The Morgan fingerprint density at radius 3 is 1.58 bits per heavy atom. The third-order valence-electron chi connectivity index (χ3n) is 2.06. The van der Waals surface area contributed by atoms with E-state index in [1.165, 1.54) is 0 Å². The zero-order valence-corrected chi connectivity index (χ0v) is 10.4. The molecule has 0 N–H and O–H groups in total. The number of carbonyl (C=O) groups is 1. The van der Waals surface area contributed by atoms with Crippen LogP contribution in [0.15, 0.2) is 23.1 Å². The van der Waals surface area contributed by atoms with Crippen LogP contribution in [-0.2, 0) is 26.3 Å². The van der Waals surface area contributed by atoms with Gasteiger partial charge in [0.2, 0.25) is 0 Å². The van der Waals surface area contributed by atoms with Gasteiger partial charge in [0.1, 0.15) is 0 Å². The van der Waals surface area contributed by atoms with Crippen molar-refractivity contribution < 1.29 is 35.3 Å². The fourth-order valence-electron chi connectivity index (χ4n) is 1.18. The lowest BCUT2D eigenvalue weighted by Gasteiger charge is -2.16. The molecule has 0 atom stereocenters. The van der Waals surface area contributed by atoms with Crippen molar-refractivity contribution in [3.05, 3.63) is 29.3 Å². The molecule has 10 heteroatoms. The highest BCUT2D eigenvalue weighted by molar-refractivity contribution is 8.33. The average molecular weight is 327 g/mol. The number of thiol groups is 1. The van der Waals surface area contributed by atoms with Crippen LogP contribution in [0.3, 0.4) is 0 Å². The third-order valence-corrected chi connectivity index (χ3v) is 4.12. The first kappa shape index (κ1) is 16.0. The first-order chi connectivity index (χ1) is 8.38. The highest BCUT2D eigenvalue weighted by atomic mass is 35.7. The molecule has 0 aliphatic rings. The van der Waals surface area contributed by atoms with Crippen molar-refractivity contribution in [3.8, 4) is 0 Å². The molecule has 19 heavy (non-hydrogen) atoms. The summed E-state index contributed by atoms with van der Waals surface area (Å²) in [6, 6.07) is 0.181. The first-order valence-corrected chi connectivity index (χ1v) is 7.12. The Morgan fingerprint density at radius 2 is 1.32 bits per heavy atom. The molecule has 1 rings (SSSR count). The number of rotatable bonds is 2. The number of carbonyl (C=O) groups excluding carboxylic acids is 1. The molecule has 0 unspecified atom stereocenters. The molecule has 0 aliphatic carbocycles. The molecule has 0 fully saturated rings. The topological polar surface area (TPSA) is 34.1 Å². The van der Waals surface area contributed by atoms with Crippen molar-refractivity contribution in [1.82, 2.24) is 0 Å². The number of hydrogen-bond donors (Lipinski definition) is 1. The van der Waals surface area contributed by atoms with E-state index in [9.17, 15) is 35.3 Å². The lowest BCUT2D eigenvalue weighted by atomic mass is 10.1. The molecule has 0 saturated heterocycles. The second-order valence-electron chi connectivity index (χ2n) is 3.45. The van der Waals surface area contributed by atoms with Crippen molar-refractivity contribution in [2.75, 3.05) is 0 Å². The quantitative estimate of drug-likeness (QED) is 0.391. The fourth-order valence-corrected chi connectivity index (χ4v) is 2.22. The van der Waals surface area contributed by atoms with E-state index in [2.05, 4.69) is 0 Å². The molecule has 0 radical (unpaired) electrons. The van der Waals surface area contributed by atoms with Gasteiger partial charge in [-0.1, -0.05) is 0 Å². The smallest absolute Gasteiger partial charge is 0.289 e. The van der Waals surface area contributed by atoms with Crippen molar-refractivity contribution in [2.24, 2.45) is 0 Å². The standard InChI is InChI=1S/C9H5ClF6O2S/c10-19(18,4-17)7-2-5(8(11,12)13)1-6(3-7)9(14,15)16/h1-4,19H. The van der Waals surface area contributed by atoms with Gasteiger partial charge in [-0.2, -0.15) is 26.3 Å². The van der Waals surface area contributed by atoms with Crippen molar-refractivity contribution in [1.29, 1.82) is 0 Å². The second-order valence-corrected chi connectivity index (χ2v) is 6.83. The Bertz CT molecular complexity index is 518. The monoisotopic (exact) mass is 326 g/mol. The Balaban J connectivity index is 3.60. The van der Waals surface area contributed by atoms with E-state index in [1.54, 1.807) is 0 Å². The van der Waals surface area contributed by atoms with Gasteiger partial charge in [0.05, 0.1) is 11.1 Å². The normalized spacial score (nSPS) is 14.3. The predicted molar refractivity (Wildman–Crippen MR) is 56.9 cm³/mol. The maximum atomic E-state index is 12.4. The van der Waals surface area contributed by atoms with Crippen molar-refractivity contribution in [3.63, 3.8) is 0 Å². The van der Waals surface area contributed by atoms with Gasteiger partial charge in [-0.3, -0.25) is 9.00 Å². The highest BCUT2D eigenvalue weighted by Crippen LogP contribution is 2.38. The van der Waals surface area contributed by atoms with Crippen LogP contribution in [0, 0.1) is 0 Å². The van der Waals surface area contributed by atoms with Crippen LogP contribution in [0.25, 0.3) is 0 Å². The summed E-state index contributed by atoms with van der Waals surface area (Å²) < 4.78 is 86.0. The van der Waals surface area contributed by atoms with Gasteiger partial charge in [0.25, 0.3) is 0 Å². The summed E-state index contributed by atoms with van der Waals surface area (Å²) in [6.07, 6.45) is -10.2. The summed E-state index contributed by atoms with van der Waals surface area (Å²) in [5, 5.41) is 0. The van der Waals surface area contributed by atoms with Crippen molar-refractivity contribution in [2.45, 2.75) is 17.2 Å². The van der Waals surface area contributed by atoms with E-state index in [4.69, 9.17) is 10.7 Å². The van der Waals surface area contributed by atoms with Gasteiger partial charge < -0.3 is 0 Å². The predicted octanol–water partition coefficient (Wildman–Crippen LogP) is 3.44. The molecule has 0 saturated carbocycles. The molecule has 0 amide bonds. The van der Waals surface area contributed by atoms with Gasteiger partial charge in [-0.15, -0.1) is 0 Å². The minimum Gasteiger partial charge on any atom is -0.289 e. The summed E-state index contributed by atoms with van der Waals surface area (Å²) in [7, 11) is 0.716. The Hall–Kier alpha value is -1.09. The highest BCUT2D eigenvalue weighted by Gasteiger charge is 2.38. The van der Waals surface area contributed by atoms with Gasteiger partial charge in [-0.05, 0) is 28.9 Å². The molecule has 1 aromatic rings. The number of hydrogen-bond acceptors (Lipinski definition) is 2. The van der Waals surface area contributed by atoms with Gasteiger partial charge in [-0.25, -0.2) is 0 Å². The van der Waals surface area contributed by atoms with E-state index >= 15 is 0 Å². The number of benzene rings is 1. The van der Waals surface area contributed by atoms with E-state index in [0.29, 0.717) is 0 Å². The summed E-state index contributed by atoms with van der Waals surface area (Å²) in [4.78, 5) is 9.38. The van der Waals surface area contributed by atoms with Gasteiger partial charge in [0.15, 0.2) is 5.62 Å². The van der Waals surface area contributed by atoms with Crippen LogP contribution in [0.5, 0.6) is 0 Å². The maximum absolute atomic E-state index is 12.4.